The lowest BCUT2D eigenvalue weighted by Gasteiger charge is -2.25. The second kappa shape index (κ2) is 9.51. The van der Waals surface area contributed by atoms with Gasteiger partial charge in [0.15, 0.2) is 0 Å². The van der Waals surface area contributed by atoms with Crippen molar-refractivity contribution in [3.05, 3.63) is 71.8 Å². The molecule has 0 spiro atoms. The lowest BCUT2D eigenvalue weighted by molar-refractivity contribution is -0.138. The van der Waals surface area contributed by atoms with Gasteiger partial charge < -0.3 is 9.47 Å². The third-order valence-electron chi connectivity index (χ3n) is 3.27. The number of ether oxygens (including phenoxy) is 2. The minimum atomic E-state index is -1.62. The van der Waals surface area contributed by atoms with Gasteiger partial charge in [0.1, 0.15) is 0 Å². The molecule has 0 fully saturated rings. The van der Waals surface area contributed by atoms with Gasteiger partial charge in [-0.25, -0.2) is 0 Å². The largest absolute Gasteiger partial charge is 0.348 e. The molecule has 2 rings (SSSR count). The maximum absolute atomic E-state index is 5.94. The van der Waals surface area contributed by atoms with Crippen molar-refractivity contribution in [2.45, 2.75) is 22.9 Å². The summed E-state index contributed by atoms with van der Waals surface area (Å²) in [6.45, 7) is 0.849. The summed E-state index contributed by atoms with van der Waals surface area (Å²) in [5.74, 6) is 0. The van der Waals surface area contributed by atoms with Gasteiger partial charge >= 0.3 is 0 Å². The van der Waals surface area contributed by atoms with Crippen LogP contribution in [0.5, 0.6) is 0 Å². The molecule has 124 valence electrons. The standard InChI is InChI=1S/C18H19Cl3O2/c19-18(20,21)17(22-13-11-15-7-3-1-4-8-15)23-14-12-16-9-5-2-6-10-16/h1-10,17H,11-14H2. The fourth-order valence-electron chi connectivity index (χ4n) is 2.09. The molecule has 2 aromatic rings. The molecule has 0 aliphatic heterocycles. The first-order valence-corrected chi connectivity index (χ1v) is 8.57. The SMILES string of the molecule is ClC(Cl)(Cl)C(OCCc1ccccc1)OCCc1ccccc1. The van der Waals surface area contributed by atoms with E-state index >= 15 is 0 Å². The van der Waals surface area contributed by atoms with Crippen molar-refractivity contribution in [2.24, 2.45) is 0 Å². The van der Waals surface area contributed by atoms with Crippen LogP contribution in [0.2, 0.25) is 0 Å². The van der Waals surface area contributed by atoms with E-state index in [-0.39, 0.29) is 0 Å². The molecule has 0 heterocycles. The minimum absolute atomic E-state index is 0.425. The quantitative estimate of drug-likeness (QED) is 0.467. The van der Waals surface area contributed by atoms with Crippen LogP contribution >= 0.6 is 34.8 Å². The average Bonchev–Trinajstić information content (AvgIpc) is 2.54. The van der Waals surface area contributed by atoms with E-state index in [1.807, 2.05) is 60.7 Å². The summed E-state index contributed by atoms with van der Waals surface area (Å²) in [7, 11) is 0. The van der Waals surface area contributed by atoms with Gasteiger partial charge in [-0.3, -0.25) is 0 Å². The maximum Gasteiger partial charge on any atom is 0.240 e. The number of benzene rings is 2. The van der Waals surface area contributed by atoms with Crippen molar-refractivity contribution in [1.82, 2.24) is 0 Å². The lowest BCUT2D eigenvalue weighted by Crippen LogP contribution is -2.33. The first kappa shape index (κ1) is 18.6. The monoisotopic (exact) mass is 372 g/mol. The molecule has 0 aliphatic carbocycles. The highest BCUT2D eigenvalue weighted by Gasteiger charge is 2.34. The van der Waals surface area contributed by atoms with Crippen LogP contribution in [-0.2, 0) is 22.3 Å². The molecular formula is C18H19Cl3O2. The van der Waals surface area contributed by atoms with Gasteiger partial charge in [0.25, 0.3) is 0 Å². The predicted molar refractivity (Wildman–Crippen MR) is 96.3 cm³/mol. The fourth-order valence-corrected chi connectivity index (χ4v) is 2.47. The van der Waals surface area contributed by atoms with Gasteiger partial charge in [0.2, 0.25) is 10.1 Å². The topological polar surface area (TPSA) is 18.5 Å². The molecule has 0 aliphatic rings. The second-order valence-corrected chi connectivity index (χ2v) is 7.46. The number of hydrogen-bond acceptors (Lipinski definition) is 2. The van der Waals surface area contributed by atoms with E-state index in [4.69, 9.17) is 44.3 Å². The van der Waals surface area contributed by atoms with Crippen molar-refractivity contribution >= 4 is 34.8 Å². The Hall–Kier alpha value is -0.770. The Bertz CT molecular complexity index is 510. The van der Waals surface area contributed by atoms with E-state index in [0.29, 0.717) is 13.2 Å². The summed E-state index contributed by atoms with van der Waals surface area (Å²) in [6, 6.07) is 20.0. The first-order valence-electron chi connectivity index (χ1n) is 7.43. The number of halogens is 3. The molecule has 0 unspecified atom stereocenters. The van der Waals surface area contributed by atoms with Gasteiger partial charge in [-0.15, -0.1) is 0 Å². The Morgan fingerprint density at radius 1 is 0.696 bits per heavy atom. The second-order valence-electron chi connectivity index (χ2n) is 5.09. The number of rotatable bonds is 8. The summed E-state index contributed by atoms with van der Waals surface area (Å²) in [6.07, 6.45) is 0.584. The highest BCUT2D eigenvalue weighted by molar-refractivity contribution is 6.67. The highest BCUT2D eigenvalue weighted by atomic mass is 35.6. The van der Waals surface area contributed by atoms with Crippen LogP contribution in [0, 0.1) is 0 Å². The number of hydrogen-bond donors (Lipinski definition) is 0. The van der Waals surface area contributed by atoms with Gasteiger partial charge in [-0.05, 0) is 24.0 Å². The van der Waals surface area contributed by atoms with Crippen LogP contribution in [0.25, 0.3) is 0 Å². The smallest absolute Gasteiger partial charge is 0.240 e. The molecule has 23 heavy (non-hydrogen) atoms. The lowest BCUT2D eigenvalue weighted by atomic mass is 10.2. The van der Waals surface area contributed by atoms with Gasteiger partial charge in [0, 0.05) is 0 Å². The van der Waals surface area contributed by atoms with Gasteiger partial charge in [-0.2, -0.15) is 0 Å². The molecule has 0 atom stereocenters. The maximum atomic E-state index is 5.94. The third-order valence-corrected chi connectivity index (χ3v) is 3.81. The van der Waals surface area contributed by atoms with Crippen LogP contribution in [-0.4, -0.2) is 23.3 Å². The fraction of sp³-hybridized carbons (Fsp3) is 0.333. The Balaban J connectivity index is 1.78. The molecule has 0 saturated carbocycles. The Morgan fingerprint density at radius 3 is 1.43 bits per heavy atom. The average molecular weight is 374 g/mol. The molecule has 2 aromatic carbocycles. The zero-order valence-electron chi connectivity index (χ0n) is 12.6. The molecule has 0 aromatic heterocycles. The van der Waals surface area contributed by atoms with Crippen LogP contribution < -0.4 is 0 Å². The summed E-state index contributed by atoms with van der Waals surface area (Å²) in [5.41, 5.74) is 2.33. The van der Waals surface area contributed by atoms with E-state index in [0.717, 1.165) is 12.8 Å². The van der Waals surface area contributed by atoms with Crippen molar-refractivity contribution in [3.63, 3.8) is 0 Å². The van der Waals surface area contributed by atoms with Crippen molar-refractivity contribution in [2.75, 3.05) is 13.2 Å². The molecule has 0 amide bonds. The molecular weight excluding hydrogens is 355 g/mol. The molecule has 2 nitrogen and oxygen atoms in total. The summed E-state index contributed by atoms with van der Waals surface area (Å²) < 4.78 is 9.64. The van der Waals surface area contributed by atoms with E-state index in [2.05, 4.69) is 0 Å². The van der Waals surface area contributed by atoms with E-state index < -0.39 is 10.1 Å². The minimum Gasteiger partial charge on any atom is -0.348 e. The van der Waals surface area contributed by atoms with E-state index in [9.17, 15) is 0 Å². The summed E-state index contributed by atoms with van der Waals surface area (Å²) in [4.78, 5) is 0. The molecule has 0 radical (unpaired) electrons. The molecule has 0 N–H and O–H groups in total. The highest BCUT2D eigenvalue weighted by Crippen LogP contribution is 2.33. The Morgan fingerprint density at radius 2 is 1.09 bits per heavy atom. The van der Waals surface area contributed by atoms with E-state index in [1.54, 1.807) is 0 Å². The zero-order valence-corrected chi connectivity index (χ0v) is 14.9. The van der Waals surface area contributed by atoms with Crippen LogP contribution in [0.1, 0.15) is 11.1 Å². The van der Waals surface area contributed by atoms with Crippen LogP contribution in [0.3, 0.4) is 0 Å². The predicted octanol–water partition coefficient (Wildman–Crippen LogP) is 5.20. The van der Waals surface area contributed by atoms with Crippen molar-refractivity contribution in [3.8, 4) is 0 Å². The summed E-state index contributed by atoms with van der Waals surface area (Å²) >= 11 is 17.8. The van der Waals surface area contributed by atoms with Crippen LogP contribution in [0.15, 0.2) is 60.7 Å². The first-order chi connectivity index (χ1) is 11.1. The molecule has 5 heteroatoms. The normalized spacial score (nSPS) is 11.8. The molecule has 0 bridgehead atoms. The zero-order chi connectivity index (χ0) is 16.5. The van der Waals surface area contributed by atoms with Crippen molar-refractivity contribution < 1.29 is 9.47 Å². The Labute approximate surface area is 152 Å². The van der Waals surface area contributed by atoms with E-state index in [1.165, 1.54) is 11.1 Å². The van der Waals surface area contributed by atoms with Crippen molar-refractivity contribution in [1.29, 1.82) is 0 Å². The van der Waals surface area contributed by atoms with Gasteiger partial charge in [0.05, 0.1) is 13.2 Å². The van der Waals surface area contributed by atoms with Gasteiger partial charge in [-0.1, -0.05) is 95.5 Å². The number of alkyl halides is 3. The third kappa shape index (κ3) is 7.11. The summed E-state index contributed by atoms with van der Waals surface area (Å²) in [5, 5.41) is 0. The molecule has 0 saturated heterocycles. The Kier molecular flexibility index (Phi) is 7.68. The van der Waals surface area contributed by atoms with Crippen LogP contribution in [0.4, 0.5) is 0 Å².